The molecular weight excluding hydrogens is 309 g/mol. The van der Waals surface area contributed by atoms with Crippen LogP contribution in [0.5, 0.6) is 0 Å². The predicted octanol–water partition coefficient (Wildman–Crippen LogP) is 1.91. The molecule has 1 heterocycles. The molecule has 4 nitrogen and oxygen atoms in total. The fraction of sp³-hybridized carbons (Fsp3) is 0.533. The Kier molecular flexibility index (Phi) is 8.90. The van der Waals surface area contributed by atoms with Crippen LogP contribution in [-0.2, 0) is 11.2 Å². The first-order valence-electron chi connectivity index (χ1n) is 6.99. The minimum absolute atomic E-state index is 0. The summed E-state index contributed by atoms with van der Waals surface area (Å²) in [7, 11) is 0. The molecule has 0 radical (unpaired) electrons. The van der Waals surface area contributed by atoms with Crippen LogP contribution in [0.15, 0.2) is 24.3 Å². The first-order valence-corrected chi connectivity index (χ1v) is 6.99. The summed E-state index contributed by atoms with van der Waals surface area (Å²) in [6, 6.07) is 8.18. The summed E-state index contributed by atoms with van der Waals surface area (Å²) in [5, 5.41) is 3.35. The Morgan fingerprint density at radius 2 is 2.00 bits per heavy atom. The van der Waals surface area contributed by atoms with E-state index in [1.165, 1.54) is 11.1 Å². The highest BCUT2D eigenvalue weighted by Gasteiger charge is 2.29. The largest absolute Gasteiger partial charge is 0.332 e. The van der Waals surface area contributed by atoms with E-state index in [2.05, 4.69) is 36.5 Å². The molecule has 1 aliphatic rings. The summed E-state index contributed by atoms with van der Waals surface area (Å²) in [6.07, 6.45) is 1.03. The third kappa shape index (κ3) is 4.85. The predicted molar refractivity (Wildman–Crippen MR) is 91.3 cm³/mol. The van der Waals surface area contributed by atoms with E-state index in [9.17, 15) is 4.79 Å². The standard InChI is InChI=1S/C15H23N3O.2ClH/c1-3-12-4-6-13(7-5-12)14-10-17-8-9-18(14)15(19)11(2)16;;/h4-7,11,14,17H,3,8-10,16H2,1-2H3;2*1H/t11-,14?;;/m1../s1. The normalized spacial score (nSPS) is 19.2. The number of aryl methyl sites for hydroxylation is 1. The van der Waals surface area contributed by atoms with Crippen molar-refractivity contribution in [2.45, 2.75) is 32.4 Å². The maximum Gasteiger partial charge on any atom is 0.239 e. The molecule has 1 aromatic carbocycles. The molecule has 0 aromatic heterocycles. The zero-order chi connectivity index (χ0) is 13.8. The first-order chi connectivity index (χ1) is 9.13. The summed E-state index contributed by atoms with van der Waals surface area (Å²) in [6.45, 7) is 6.25. The van der Waals surface area contributed by atoms with Crippen molar-refractivity contribution in [3.8, 4) is 0 Å². The lowest BCUT2D eigenvalue weighted by atomic mass is 10.0. The number of piperazine rings is 1. The summed E-state index contributed by atoms with van der Waals surface area (Å²) in [4.78, 5) is 14.1. The Hall–Kier alpha value is -0.810. The summed E-state index contributed by atoms with van der Waals surface area (Å²) >= 11 is 0. The van der Waals surface area contributed by atoms with Crippen LogP contribution < -0.4 is 11.1 Å². The number of nitrogens with zero attached hydrogens (tertiary/aromatic N) is 1. The smallest absolute Gasteiger partial charge is 0.239 e. The molecule has 0 aliphatic carbocycles. The van der Waals surface area contributed by atoms with Crippen molar-refractivity contribution in [1.29, 1.82) is 0 Å². The van der Waals surface area contributed by atoms with Crippen molar-refractivity contribution in [2.75, 3.05) is 19.6 Å². The molecule has 1 unspecified atom stereocenters. The van der Waals surface area contributed by atoms with Crippen LogP contribution in [0.4, 0.5) is 0 Å². The van der Waals surface area contributed by atoms with Gasteiger partial charge in [-0.05, 0) is 24.5 Å². The van der Waals surface area contributed by atoms with Gasteiger partial charge in [0.2, 0.25) is 5.91 Å². The molecule has 1 aromatic rings. The highest BCUT2D eigenvalue weighted by molar-refractivity contribution is 5.85. The third-order valence-electron chi connectivity index (χ3n) is 3.69. The second-order valence-corrected chi connectivity index (χ2v) is 5.14. The van der Waals surface area contributed by atoms with Gasteiger partial charge in [-0.3, -0.25) is 4.79 Å². The summed E-state index contributed by atoms with van der Waals surface area (Å²) in [5.74, 6) is 0.0334. The molecule has 3 N–H and O–H groups in total. The minimum Gasteiger partial charge on any atom is -0.332 e. The minimum atomic E-state index is -0.435. The van der Waals surface area contributed by atoms with E-state index in [1.54, 1.807) is 6.92 Å². The molecule has 1 amide bonds. The molecule has 1 fully saturated rings. The molecule has 21 heavy (non-hydrogen) atoms. The molecule has 120 valence electrons. The van der Waals surface area contributed by atoms with E-state index in [0.29, 0.717) is 0 Å². The number of halogens is 2. The fourth-order valence-corrected chi connectivity index (χ4v) is 2.50. The van der Waals surface area contributed by atoms with E-state index in [0.717, 1.165) is 26.1 Å². The fourth-order valence-electron chi connectivity index (χ4n) is 2.50. The van der Waals surface area contributed by atoms with Crippen LogP contribution in [0, 0.1) is 0 Å². The van der Waals surface area contributed by atoms with Crippen molar-refractivity contribution in [3.05, 3.63) is 35.4 Å². The number of carbonyl (C=O) groups is 1. The number of amides is 1. The van der Waals surface area contributed by atoms with Gasteiger partial charge in [-0.25, -0.2) is 0 Å². The molecule has 0 bridgehead atoms. The lowest BCUT2D eigenvalue weighted by Crippen LogP contribution is -2.52. The van der Waals surface area contributed by atoms with Gasteiger partial charge in [0.15, 0.2) is 0 Å². The van der Waals surface area contributed by atoms with Gasteiger partial charge in [0, 0.05) is 19.6 Å². The van der Waals surface area contributed by atoms with E-state index >= 15 is 0 Å². The Bertz CT molecular complexity index is 437. The van der Waals surface area contributed by atoms with E-state index in [4.69, 9.17) is 5.73 Å². The quantitative estimate of drug-likeness (QED) is 0.888. The average Bonchev–Trinajstić information content (AvgIpc) is 2.46. The SMILES string of the molecule is CCc1ccc(C2CNCCN2C(=O)[C@@H](C)N)cc1.Cl.Cl. The number of nitrogens with one attached hydrogen (secondary N) is 1. The Morgan fingerprint density at radius 1 is 1.38 bits per heavy atom. The second kappa shape index (κ2) is 9.26. The molecular formula is C15H25Cl2N3O. The number of hydrogen-bond donors (Lipinski definition) is 2. The maximum atomic E-state index is 12.2. The lowest BCUT2D eigenvalue weighted by molar-refractivity contribution is -0.135. The number of benzene rings is 1. The van der Waals surface area contributed by atoms with Crippen molar-refractivity contribution in [2.24, 2.45) is 5.73 Å². The average molecular weight is 334 g/mol. The number of carbonyl (C=O) groups excluding carboxylic acids is 1. The molecule has 2 atom stereocenters. The zero-order valence-electron chi connectivity index (χ0n) is 12.5. The lowest BCUT2D eigenvalue weighted by Gasteiger charge is -2.37. The van der Waals surface area contributed by atoms with Gasteiger partial charge in [-0.1, -0.05) is 31.2 Å². The van der Waals surface area contributed by atoms with Crippen LogP contribution in [-0.4, -0.2) is 36.5 Å². The highest BCUT2D eigenvalue weighted by atomic mass is 35.5. The summed E-state index contributed by atoms with van der Waals surface area (Å²) in [5.41, 5.74) is 8.24. The monoisotopic (exact) mass is 333 g/mol. The van der Waals surface area contributed by atoms with E-state index < -0.39 is 6.04 Å². The zero-order valence-corrected chi connectivity index (χ0v) is 14.2. The van der Waals surface area contributed by atoms with Crippen molar-refractivity contribution < 1.29 is 4.79 Å². The number of nitrogens with two attached hydrogens (primary N) is 1. The van der Waals surface area contributed by atoms with Gasteiger partial charge < -0.3 is 16.0 Å². The molecule has 0 saturated carbocycles. The Morgan fingerprint density at radius 3 is 2.52 bits per heavy atom. The summed E-state index contributed by atoms with van der Waals surface area (Å²) < 4.78 is 0. The van der Waals surface area contributed by atoms with Crippen LogP contribution >= 0.6 is 24.8 Å². The molecule has 0 spiro atoms. The van der Waals surface area contributed by atoms with Crippen LogP contribution in [0.2, 0.25) is 0 Å². The van der Waals surface area contributed by atoms with Crippen molar-refractivity contribution in [1.82, 2.24) is 10.2 Å². The number of rotatable bonds is 3. The van der Waals surface area contributed by atoms with Gasteiger partial charge in [0.1, 0.15) is 0 Å². The van der Waals surface area contributed by atoms with E-state index in [1.807, 2.05) is 4.90 Å². The van der Waals surface area contributed by atoms with Crippen LogP contribution in [0.3, 0.4) is 0 Å². The van der Waals surface area contributed by atoms with Crippen molar-refractivity contribution in [3.63, 3.8) is 0 Å². The van der Waals surface area contributed by atoms with Gasteiger partial charge in [0.05, 0.1) is 12.1 Å². The Labute approximate surface area is 139 Å². The third-order valence-corrected chi connectivity index (χ3v) is 3.69. The number of hydrogen-bond acceptors (Lipinski definition) is 3. The van der Waals surface area contributed by atoms with Crippen LogP contribution in [0.1, 0.15) is 31.0 Å². The van der Waals surface area contributed by atoms with E-state index in [-0.39, 0.29) is 36.8 Å². The molecule has 1 aliphatic heterocycles. The van der Waals surface area contributed by atoms with Gasteiger partial charge >= 0.3 is 0 Å². The highest BCUT2D eigenvalue weighted by Crippen LogP contribution is 2.23. The van der Waals surface area contributed by atoms with Gasteiger partial charge in [-0.2, -0.15) is 0 Å². The molecule has 2 rings (SSSR count). The van der Waals surface area contributed by atoms with Crippen LogP contribution in [0.25, 0.3) is 0 Å². The van der Waals surface area contributed by atoms with Gasteiger partial charge in [0.25, 0.3) is 0 Å². The topological polar surface area (TPSA) is 58.4 Å². The second-order valence-electron chi connectivity index (χ2n) is 5.14. The van der Waals surface area contributed by atoms with Crippen molar-refractivity contribution >= 4 is 30.7 Å². The maximum absolute atomic E-state index is 12.2. The molecule has 1 saturated heterocycles. The first kappa shape index (κ1) is 20.2. The molecule has 6 heteroatoms. The van der Waals surface area contributed by atoms with Gasteiger partial charge in [-0.15, -0.1) is 24.8 Å². The Balaban J connectivity index is 0.00000200.